The molecule has 0 amide bonds. The Morgan fingerprint density at radius 2 is 2.00 bits per heavy atom. The van der Waals surface area contributed by atoms with Gasteiger partial charge in [0, 0.05) is 19.3 Å². The number of aliphatic carboxylic acids is 1. The highest BCUT2D eigenvalue weighted by atomic mass is 16.4. The van der Waals surface area contributed by atoms with Crippen molar-refractivity contribution in [1.82, 2.24) is 4.98 Å². The van der Waals surface area contributed by atoms with Crippen LogP contribution in [0.2, 0.25) is 0 Å². The highest BCUT2D eigenvalue weighted by Crippen LogP contribution is 2.19. The average molecular weight is 298 g/mol. The molecule has 1 unspecified atom stereocenters. The molecule has 2 rings (SSSR count). The Hall–Kier alpha value is -2.36. The third-order valence-corrected chi connectivity index (χ3v) is 3.76. The summed E-state index contributed by atoms with van der Waals surface area (Å²) in [6.45, 7) is 6.89. The first-order valence-corrected chi connectivity index (χ1v) is 7.42. The molecule has 0 radical (unpaired) electrons. The first-order chi connectivity index (χ1) is 10.5. The van der Waals surface area contributed by atoms with Gasteiger partial charge < -0.3 is 10.0 Å². The lowest BCUT2D eigenvalue weighted by Gasteiger charge is -2.26. The Labute approximate surface area is 131 Å². The van der Waals surface area contributed by atoms with E-state index in [1.54, 1.807) is 13.1 Å². The maximum atomic E-state index is 11.2. The van der Waals surface area contributed by atoms with E-state index in [1.165, 1.54) is 11.1 Å². The zero-order valence-electron chi connectivity index (χ0n) is 13.3. The second kappa shape index (κ2) is 7.07. The van der Waals surface area contributed by atoms with Crippen LogP contribution in [0.3, 0.4) is 0 Å². The Balaban J connectivity index is 2.29. The van der Waals surface area contributed by atoms with Crippen molar-refractivity contribution >= 4 is 11.8 Å². The summed E-state index contributed by atoms with van der Waals surface area (Å²) >= 11 is 0. The number of aryl methyl sites for hydroxylation is 2. The van der Waals surface area contributed by atoms with Gasteiger partial charge >= 0.3 is 5.97 Å². The standard InChI is InChI=1S/C18H22N2O2/c1-13-8-9-19-17(10-13)20(11-15(3)18(21)22)12-16-7-5-4-6-14(16)2/h4-10,15H,11-12H2,1-3H3,(H,21,22). The Morgan fingerprint density at radius 1 is 1.27 bits per heavy atom. The highest BCUT2D eigenvalue weighted by Gasteiger charge is 2.18. The maximum Gasteiger partial charge on any atom is 0.308 e. The summed E-state index contributed by atoms with van der Waals surface area (Å²) in [5, 5.41) is 9.21. The van der Waals surface area contributed by atoms with Crippen LogP contribution in [0, 0.1) is 19.8 Å². The lowest BCUT2D eigenvalue weighted by molar-refractivity contribution is -0.140. The van der Waals surface area contributed by atoms with Crippen LogP contribution in [-0.4, -0.2) is 22.6 Å². The van der Waals surface area contributed by atoms with Crippen LogP contribution in [0.4, 0.5) is 5.82 Å². The molecular formula is C18H22N2O2. The number of carboxylic acid groups (broad SMARTS) is 1. The van der Waals surface area contributed by atoms with Gasteiger partial charge in [-0.3, -0.25) is 4.79 Å². The fraction of sp³-hybridized carbons (Fsp3) is 0.333. The summed E-state index contributed by atoms with van der Waals surface area (Å²) in [4.78, 5) is 17.7. The molecule has 4 heteroatoms. The summed E-state index contributed by atoms with van der Waals surface area (Å²) in [5.41, 5.74) is 3.49. The van der Waals surface area contributed by atoms with Gasteiger partial charge in [0.2, 0.25) is 0 Å². The van der Waals surface area contributed by atoms with E-state index < -0.39 is 11.9 Å². The third kappa shape index (κ3) is 4.07. The van der Waals surface area contributed by atoms with E-state index in [0.29, 0.717) is 13.1 Å². The van der Waals surface area contributed by atoms with Gasteiger partial charge in [-0.2, -0.15) is 0 Å². The van der Waals surface area contributed by atoms with E-state index in [4.69, 9.17) is 0 Å². The number of hydrogen-bond acceptors (Lipinski definition) is 3. The number of aromatic nitrogens is 1. The van der Waals surface area contributed by atoms with Crippen molar-refractivity contribution in [1.29, 1.82) is 0 Å². The summed E-state index contributed by atoms with van der Waals surface area (Å²) < 4.78 is 0. The number of carboxylic acids is 1. The van der Waals surface area contributed by atoms with E-state index in [1.807, 2.05) is 36.1 Å². The molecule has 0 saturated carbocycles. The van der Waals surface area contributed by atoms with Gasteiger partial charge in [0.1, 0.15) is 5.82 Å². The van der Waals surface area contributed by atoms with Gasteiger partial charge in [-0.05, 0) is 42.7 Å². The molecule has 4 nitrogen and oxygen atoms in total. The molecule has 1 aromatic heterocycles. The molecule has 1 aromatic carbocycles. The van der Waals surface area contributed by atoms with Gasteiger partial charge in [0.05, 0.1) is 5.92 Å². The van der Waals surface area contributed by atoms with Crippen LogP contribution in [0.25, 0.3) is 0 Å². The normalized spacial score (nSPS) is 12.0. The average Bonchev–Trinajstić information content (AvgIpc) is 2.48. The Morgan fingerprint density at radius 3 is 2.64 bits per heavy atom. The maximum absolute atomic E-state index is 11.2. The molecule has 1 atom stereocenters. The minimum Gasteiger partial charge on any atom is -0.481 e. The number of anilines is 1. The van der Waals surface area contributed by atoms with E-state index in [9.17, 15) is 9.90 Å². The number of carbonyl (C=O) groups is 1. The van der Waals surface area contributed by atoms with Gasteiger partial charge in [0.25, 0.3) is 0 Å². The molecule has 1 heterocycles. The lowest BCUT2D eigenvalue weighted by atomic mass is 10.1. The number of pyridine rings is 1. The molecule has 0 fully saturated rings. The number of benzene rings is 1. The highest BCUT2D eigenvalue weighted by molar-refractivity contribution is 5.70. The number of nitrogens with zero attached hydrogens (tertiary/aromatic N) is 2. The molecule has 0 aliphatic heterocycles. The van der Waals surface area contributed by atoms with Crippen LogP contribution in [0.15, 0.2) is 42.6 Å². The predicted molar refractivity (Wildman–Crippen MR) is 88.0 cm³/mol. The van der Waals surface area contributed by atoms with Crippen LogP contribution in [0.1, 0.15) is 23.6 Å². The molecule has 22 heavy (non-hydrogen) atoms. The lowest BCUT2D eigenvalue weighted by Crippen LogP contribution is -2.32. The van der Waals surface area contributed by atoms with Crippen molar-refractivity contribution in [3.05, 3.63) is 59.3 Å². The predicted octanol–water partition coefficient (Wildman–Crippen LogP) is 3.43. The fourth-order valence-corrected chi connectivity index (χ4v) is 2.33. The molecule has 116 valence electrons. The summed E-state index contributed by atoms with van der Waals surface area (Å²) in [6, 6.07) is 12.1. The van der Waals surface area contributed by atoms with Crippen molar-refractivity contribution in [3.63, 3.8) is 0 Å². The first-order valence-electron chi connectivity index (χ1n) is 7.42. The molecule has 1 N–H and O–H groups in total. The zero-order valence-corrected chi connectivity index (χ0v) is 13.3. The third-order valence-electron chi connectivity index (χ3n) is 3.76. The largest absolute Gasteiger partial charge is 0.481 e. The molecule has 0 spiro atoms. The minimum atomic E-state index is -0.789. The number of rotatable bonds is 6. The monoisotopic (exact) mass is 298 g/mol. The smallest absolute Gasteiger partial charge is 0.308 e. The molecule has 0 bridgehead atoms. The molecule has 2 aromatic rings. The summed E-state index contributed by atoms with van der Waals surface area (Å²) in [5.74, 6) is -0.426. The van der Waals surface area contributed by atoms with Crippen molar-refractivity contribution in [3.8, 4) is 0 Å². The summed E-state index contributed by atoms with van der Waals surface area (Å²) in [6.07, 6.45) is 1.76. The fourth-order valence-electron chi connectivity index (χ4n) is 2.33. The van der Waals surface area contributed by atoms with E-state index >= 15 is 0 Å². The van der Waals surface area contributed by atoms with E-state index in [0.717, 1.165) is 11.4 Å². The molecule has 0 saturated heterocycles. The Bertz CT molecular complexity index is 655. The van der Waals surface area contributed by atoms with E-state index in [2.05, 4.69) is 24.0 Å². The van der Waals surface area contributed by atoms with Crippen LogP contribution in [0.5, 0.6) is 0 Å². The number of hydrogen-bond donors (Lipinski definition) is 1. The van der Waals surface area contributed by atoms with E-state index in [-0.39, 0.29) is 0 Å². The van der Waals surface area contributed by atoms with Crippen LogP contribution >= 0.6 is 0 Å². The van der Waals surface area contributed by atoms with Gasteiger partial charge in [-0.25, -0.2) is 4.98 Å². The second-order valence-electron chi connectivity index (χ2n) is 5.74. The first kappa shape index (κ1) is 16.0. The molecule has 0 aliphatic carbocycles. The van der Waals surface area contributed by atoms with Crippen molar-refractivity contribution in [2.75, 3.05) is 11.4 Å². The quantitative estimate of drug-likeness (QED) is 0.887. The Kier molecular flexibility index (Phi) is 5.15. The second-order valence-corrected chi connectivity index (χ2v) is 5.74. The van der Waals surface area contributed by atoms with Gasteiger partial charge in [-0.15, -0.1) is 0 Å². The molecular weight excluding hydrogens is 276 g/mol. The van der Waals surface area contributed by atoms with Crippen molar-refractivity contribution in [2.24, 2.45) is 5.92 Å². The summed E-state index contributed by atoms with van der Waals surface area (Å²) in [7, 11) is 0. The van der Waals surface area contributed by atoms with Gasteiger partial charge in [-0.1, -0.05) is 31.2 Å². The van der Waals surface area contributed by atoms with Gasteiger partial charge in [0.15, 0.2) is 0 Å². The minimum absolute atomic E-state index is 0.431. The zero-order chi connectivity index (χ0) is 16.1. The van der Waals surface area contributed by atoms with Crippen LogP contribution in [-0.2, 0) is 11.3 Å². The van der Waals surface area contributed by atoms with Crippen molar-refractivity contribution in [2.45, 2.75) is 27.3 Å². The SMILES string of the molecule is Cc1ccnc(N(Cc2ccccc2C)CC(C)C(=O)O)c1. The van der Waals surface area contributed by atoms with Crippen LogP contribution < -0.4 is 4.90 Å². The van der Waals surface area contributed by atoms with Crippen molar-refractivity contribution < 1.29 is 9.90 Å². The topological polar surface area (TPSA) is 53.4 Å². The molecule has 0 aliphatic rings.